The quantitative estimate of drug-likeness (QED) is 0.451. The molecule has 0 aromatic heterocycles. The largest absolute Gasteiger partial charge is 0.480 e. The Kier molecular flexibility index (Phi) is 4.52. The van der Waals surface area contributed by atoms with E-state index in [1.165, 1.54) is 12.7 Å². The van der Waals surface area contributed by atoms with Crippen LogP contribution in [0.5, 0.6) is 0 Å². The monoisotopic (exact) mass is 221 g/mol. The highest BCUT2D eigenvalue weighted by Crippen LogP contribution is 2.37. The summed E-state index contributed by atoms with van der Waals surface area (Å²) in [6.45, 7) is 4.58. The molecule has 0 aliphatic rings. The van der Waals surface area contributed by atoms with Crippen molar-refractivity contribution in [3.63, 3.8) is 0 Å². The van der Waals surface area contributed by atoms with Gasteiger partial charge in [-0.25, -0.2) is 0 Å². The van der Waals surface area contributed by atoms with E-state index in [1.54, 1.807) is 0 Å². The van der Waals surface area contributed by atoms with Gasteiger partial charge >= 0.3 is 5.97 Å². The summed E-state index contributed by atoms with van der Waals surface area (Å²) < 4.78 is 11.0. The minimum absolute atomic E-state index is 0.0291. The predicted octanol–water partition coefficient (Wildman–Crippen LogP) is 0.635. The Labute approximate surface area is 83.1 Å². The summed E-state index contributed by atoms with van der Waals surface area (Å²) in [6.07, 6.45) is 1.36. The molecule has 82 valence electrons. The number of hydrogen-bond donors (Lipinski definition) is 3. The molecule has 0 bridgehead atoms. The topological polar surface area (TPSA) is 101 Å². The molecular formula is C8H16NO4P. The lowest BCUT2D eigenvalue weighted by Crippen LogP contribution is -2.48. The van der Waals surface area contributed by atoms with Crippen LogP contribution < -0.4 is 5.73 Å². The number of carbonyl (C=O) groups is 1. The second-order valence-corrected chi connectivity index (χ2v) is 6.03. The number of carboxylic acids is 1. The van der Waals surface area contributed by atoms with E-state index < -0.39 is 18.9 Å². The van der Waals surface area contributed by atoms with Gasteiger partial charge < -0.3 is 15.7 Å². The first-order chi connectivity index (χ1) is 6.21. The Hall–Kier alpha value is -0.640. The number of hydrogen-bond acceptors (Lipinski definition) is 3. The SMILES string of the molecule is C=CCC(N)(CCP(C)(=O)O)C(=O)O. The standard InChI is InChI=1S/C8H16NO4P/c1-3-4-8(9,7(10)11)5-6-14(2,12)13/h3H,1,4-6,9H2,2H3,(H,10,11)(H,12,13). The van der Waals surface area contributed by atoms with Gasteiger partial charge in [0.2, 0.25) is 0 Å². The van der Waals surface area contributed by atoms with Crippen LogP contribution in [0.2, 0.25) is 0 Å². The Morgan fingerprint density at radius 3 is 2.50 bits per heavy atom. The van der Waals surface area contributed by atoms with E-state index in [1.807, 2.05) is 0 Å². The number of nitrogens with two attached hydrogens (primary N) is 1. The van der Waals surface area contributed by atoms with Gasteiger partial charge in [0.15, 0.2) is 7.37 Å². The first kappa shape index (κ1) is 13.4. The molecule has 2 atom stereocenters. The lowest BCUT2D eigenvalue weighted by molar-refractivity contribution is -0.143. The molecule has 0 radical (unpaired) electrons. The van der Waals surface area contributed by atoms with Crippen molar-refractivity contribution in [2.45, 2.75) is 18.4 Å². The molecule has 0 saturated carbocycles. The van der Waals surface area contributed by atoms with E-state index in [-0.39, 0.29) is 19.0 Å². The summed E-state index contributed by atoms with van der Waals surface area (Å²) in [5, 5.41) is 8.82. The van der Waals surface area contributed by atoms with Crippen molar-refractivity contribution >= 4 is 13.3 Å². The van der Waals surface area contributed by atoms with Gasteiger partial charge in [0.05, 0.1) is 0 Å². The van der Waals surface area contributed by atoms with Gasteiger partial charge in [-0.05, 0) is 12.8 Å². The maximum Gasteiger partial charge on any atom is 0.324 e. The molecule has 5 nitrogen and oxygen atoms in total. The summed E-state index contributed by atoms with van der Waals surface area (Å²) >= 11 is 0. The Balaban J connectivity index is 4.46. The van der Waals surface area contributed by atoms with Gasteiger partial charge in [-0.1, -0.05) is 6.08 Å². The molecule has 0 aliphatic heterocycles. The third-order valence-electron chi connectivity index (χ3n) is 1.91. The molecule has 0 fully saturated rings. The fourth-order valence-corrected chi connectivity index (χ4v) is 1.77. The zero-order valence-corrected chi connectivity index (χ0v) is 9.04. The summed E-state index contributed by atoms with van der Waals surface area (Å²) in [5.74, 6) is -1.18. The zero-order chi connectivity index (χ0) is 11.4. The third kappa shape index (κ3) is 4.56. The first-order valence-electron chi connectivity index (χ1n) is 4.14. The minimum Gasteiger partial charge on any atom is -0.480 e. The van der Waals surface area contributed by atoms with Crippen molar-refractivity contribution in [1.82, 2.24) is 0 Å². The maximum absolute atomic E-state index is 11.0. The molecule has 0 heterocycles. The number of aliphatic carboxylic acids is 1. The Morgan fingerprint density at radius 1 is 1.71 bits per heavy atom. The normalized spacial score (nSPS) is 19.4. The summed E-state index contributed by atoms with van der Waals surface area (Å²) in [5.41, 5.74) is 4.08. The molecule has 0 aliphatic carbocycles. The maximum atomic E-state index is 11.0. The summed E-state index contributed by atoms with van der Waals surface area (Å²) in [6, 6.07) is 0. The average molecular weight is 221 g/mol. The summed E-state index contributed by atoms with van der Waals surface area (Å²) in [7, 11) is -3.20. The molecule has 0 saturated heterocycles. The van der Waals surface area contributed by atoms with Crippen molar-refractivity contribution in [2.75, 3.05) is 12.8 Å². The van der Waals surface area contributed by atoms with Crippen molar-refractivity contribution < 1.29 is 19.4 Å². The van der Waals surface area contributed by atoms with Gasteiger partial charge in [-0.3, -0.25) is 9.36 Å². The number of carboxylic acid groups (broad SMARTS) is 1. The molecule has 4 N–H and O–H groups in total. The molecule has 0 rings (SSSR count). The molecular weight excluding hydrogens is 205 g/mol. The van der Waals surface area contributed by atoms with Crippen molar-refractivity contribution in [3.05, 3.63) is 12.7 Å². The summed E-state index contributed by atoms with van der Waals surface area (Å²) in [4.78, 5) is 19.8. The van der Waals surface area contributed by atoms with E-state index >= 15 is 0 Å². The van der Waals surface area contributed by atoms with Crippen molar-refractivity contribution in [2.24, 2.45) is 5.73 Å². The highest BCUT2D eigenvalue weighted by molar-refractivity contribution is 7.57. The molecule has 0 aromatic carbocycles. The van der Waals surface area contributed by atoms with Crippen LogP contribution in [-0.4, -0.2) is 34.3 Å². The molecule has 6 heteroatoms. The van der Waals surface area contributed by atoms with Crippen LogP contribution >= 0.6 is 7.37 Å². The highest BCUT2D eigenvalue weighted by Gasteiger charge is 2.33. The van der Waals surface area contributed by atoms with Crippen LogP contribution in [0.25, 0.3) is 0 Å². The van der Waals surface area contributed by atoms with Gasteiger partial charge in [0.1, 0.15) is 5.54 Å². The van der Waals surface area contributed by atoms with Crippen LogP contribution in [0, 0.1) is 0 Å². The van der Waals surface area contributed by atoms with Crippen LogP contribution in [0.1, 0.15) is 12.8 Å². The fraction of sp³-hybridized carbons (Fsp3) is 0.625. The van der Waals surface area contributed by atoms with E-state index in [9.17, 15) is 9.36 Å². The predicted molar refractivity (Wildman–Crippen MR) is 54.6 cm³/mol. The highest BCUT2D eigenvalue weighted by atomic mass is 31.2. The van der Waals surface area contributed by atoms with E-state index in [0.717, 1.165) is 0 Å². The van der Waals surface area contributed by atoms with E-state index in [2.05, 4.69) is 6.58 Å². The van der Waals surface area contributed by atoms with Crippen LogP contribution in [0.4, 0.5) is 0 Å². The Bertz CT molecular complexity index is 273. The van der Waals surface area contributed by atoms with E-state index in [4.69, 9.17) is 15.7 Å². The second-order valence-electron chi connectivity index (χ2n) is 3.48. The smallest absolute Gasteiger partial charge is 0.324 e. The molecule has 0 aromatic rings. The lowest BCUT2D eigenvalue weighted by Gasteiger charge is -2.23. The lowest BCUT2D eigenvalue weighted by atomic mass is 9.94. The molecule has 2 unspecified atom stereocenters. The van der Waals surface area contributed by atoms with Crippen LogP contribution in [0.3, 0.4) is 0 Å². The average Bonchev–Trinajstić information content (AvgIpc) is 2.00. The number of rotatable bonds is 6. The van der Waals surface area contributed by atoms with Crippen LogP contribution in [-0.2, 0) is 9.36 Å². The van der Waals surface area contributed by atoms with Crippen molar-refractivity contribution in [1.29, 1.82) is 0 Å². The van der Waals surface area contributed by atoms with Gasteiger partial charge in [-0.2, -0.15) is 0 Å². The second kappa shape index (κ2) is 4.73. The first-order valence-corrected chi connectivity index (χ1v) is 6.43. The molecule has 14 heavy (non-hydrogen) atoms. The minimum atomic E-state index is -3.20. The van der Waals surface area contributed by atoms with Crippen molar-refractivity contribution in [3.8, 4) is 0 Å². The van der Waals surface area contributed by atoms with Crippen LogP contribution in [0.15, 0.2) is 12.7 Å². The molecule has 0 spiro atoms. The Morgan fingerprint density at radius 2 is 2.21 bits per heavy atom. The third-order valence-corrected chi connectivity index (χ3v) is 2.96. The zero-order valence-electron chi connectivity index (χ0n) is 8.14. The van der Waals surface area contributed by atoms with Gasteiger partial charge in [0.25, 0.3) is 0 Å². The van der Waals surface area contributed by atoms with Gasteiger partial charge in [-0.15, -0.1) is 6.58 Å². The van der Waals surface area contributed by atoms with E-state index in [0.29, 0.717) is 0 Å². The fourth-order valence-electron chi connectivity index (χ4n) is 0.961. The van der Waals surface area contributed by atoms with Gasteiger partial charge in [0, 0.05) is 12.8 Å². The molecule has 0 amide bonds.